The first-order chi connectivity index (χ1) is 12.1. The molecule has 6 nitrogen and oxygen atoms in total. The van der Waals surface area contributed by atoms with E-state index in [4.69, 9.17) is 0 Å². The van der Waals surface area contributed by atoms with Crippen LogP contribution >= 0.6 is 0 Å². The highest BCUT2D eigenvalue weighted by Gasteiger charge is 2.16. The van der Waals surface area contributed by atoms with Gasteiger partial charge >= 0.3 is 0 Å². The van der Waals surface area contributed by atoms with Crippen molar-refractivity contribution >= 4 is 16.9 Å². The molecule has 6 heteroatoms. The molecule has 0 saturated carbocycles. The van der Waals surface area contributed by atoms with Crippen molar-refractivity contribution in [3.05, 3.63) is 47.7 Å². The smallest absolute Gasteiger partial charge is 0.146 e. The van der Waals surface area contributed by atoms with Gasteiger partial charge in [-0.3, -0.25) is 4.98 Å². The highest BCUT2D eigenvalue weighted by Crippen LogP contribution is 2.29. The van der Waals surface area contributed by atoms with Crippen LogP contribution in [-0.2, 0) is 6.54 Å². The molecule has 0 aliphatic heterocycles. The van der Waals surface area contributed by atoms with Gasteiger partial charge in [-0.1, -0.05) is 6.07 Å². The van der Waals surface area contributed by atoms with E-state index >= 15 is 0 Å². The maximum absolute atomic E-state index is 4.55. The largest absolute Gasteiger partial charge is 0.369 e. The van der Waals surface area contributed by atoms with Gasteiger partial charge in [0.05, 0.1) is 17.6 Å². The molecule has 0 amide bonds. The predicted molar refractivity (Wildman–Crippen MR) is 102 cm³/mol. The van der Waals surface area contributed by atoms with E-state index in [-0.39, 0.29) is 0 Å². The lowest BCUT2D eigenvalue weighted by Gasteiger charge is -2.11. The first-order valence-electron chi connectivity index (χ1n) is 8.67. The molecule has 3 heterocycles. The Kier molecular flexibility index (Phi) is 5.28. The Hall–Kier alpha value is -2.47. The second-order valence-corrected chi connectivity index (χ2v) is 6.62. The van der Waals surface area contributed by atoms with Gasteiger partial charge in [-0.2, -0.15) is 0 Å². The zero-order valence-corrected chi connectivity index (χ0v) is 15.5. The van der Waals surface area contributed by atoms with Crippen molar-refractivity contribution in [3.63, 3.8) is 0 Å². The lowest BCUT2D eigenvalue weighted by Crippen LogP contribution is -2.16. The Morgan fingerprint density at radius 3 is 2.68 bits per heavy atom. The molecule has 25 heavy (non-hydrogen) atoms. The van der Waals surface area contributed by atoms with Crippen LogP contribution in [-0.4, -0.2) is 51.6 Å². The van der Waals surface area contributed by atoms with E-state index in [1.807, 2.05) is 24.4 Å². The molecule has 0 saturated heterocycles. The number of pyridine rings is 1. The molecule has 0 unspecified atom stereocenters. The molecular formula is C19H26N6. The zero-order chi connectivity index (χ0) is 17.8. The van der Waals surface area contributed by atoms with Crippen molar-refractivity contribution < 1.29 is 0 Å². The third-order valence-electron chi connectivity index (χ3n) is 4.53. The third kappa shape index (κ3) is 3.79. The number of rotatable bonds is 7. The summed E-state index contributed by atoms with van der Waals surface area (Å²) in [6, 6.07) is 6.00. The van der Waals surface area contributed by atoms with Crippen molar-refractivity contribution in [2.24, 2.45) is 0 Å². The van der Waals surface area contributed by atoms with Crippen LogP contribution in [0.4, 0.5) is 5.82 Å². The van der Waals surface area contributed by atoms with Gasteiger partial charge in [0.15, 0.2) is 0 Å². The van der Waals surface area contributed by atoms with Crippen molar-refractivity contribution in [2.75, 3.05) is 32.5 Å². The van der Waals surface area contributed by atoms with Gasteiger partial charge in [0.25, 0.3) is 0 Å². The summed E-state index contributed by atoms with van der Waals surface area (Å²) in [5.74, 6) is 0.920. The van der Waals surface area contributed by atoms with Crippen LogP contribution in [0.2, 0.25) is 0 Å². The molecule has 0 fully saturated rings. The normalized spacial score (nSPS) is 11.4. The maximum Gasteiger partial charge on any atom is 0.146 e. The van der Waals surface area contributed by atoms with Gasteiger partial charge in [0.1, 0.15) is 17.8 Å². The molecule has 0 atom stereocenters. The number of anilines is 1. The SMILES string of the molecule is Cc1c(C)n(Cc2ccccn2)c2ncnc(NCCCN(C)C)c12. The van der Waals surface area contributed by atoms with Gasteiger partial charge in [-0.25, -0.2) is 9.97 Å². The Morgan fingerprint density at radius 2 is 1.96 bits per heavy atom. The van der Waals surface area contributed by atoms with Gasteiger partial charge in [0.2, 0.25) is 0 Å². The molecule has 0 aromatic carbocycles. The molecule has 132 valence electrons. The Balaban J connectivity index is 1.90. The summed E-state index contributed by atoms with van der Waals surface area (Å²) in [5, 5.41) is 4.59. The predicted octanol–water partition coefficient (Wildman–Crippen LogP) is 2.86. The Morgan fingerprint density at radius 1 is 1.12 bits per heavy atom. The Bertz CT molecular complexity index is 838. The number of nitrogens with zero attached hydrogens (tertiary/aromatic N) is 5. The number of hydrogen-bond donors (Lipinski definition) is 1. The van der Waals surface area contributed by atoms with E-state index in [2.05, 4.69) is 57.7 Å². The molecule has 3 rings (SSSR count). The second-order valence-electron chi connectivity index (χ2n) is 6.62. The van der Waals surface area contributed by atoms with E-state index in [9.17, 15) is 0 Å². The number of hydrogen-bond acceptors (Lipinski definition) is 5. The highest BCUT2D eigenvalue weighted by molar-refractivity contribution is 5.91. The van der Waals surface area contributed by atoms with Gasteiger partial charge < -0.3 is 14.8 Å². The highest BCUT2D eigenvalue weighted by atomic mass is 15.1. The molecule has 0 aliphatic carbocycles. The van der Waals surface area contributed by atoms with Crippen LogP contribution in [0.3, 0.4) is 0 Å². The standard InChI is InChI=1S/C19H26N6/c1-14-15(2)25(12-16-8-5-6-9-20-16)19-17(14)18(22-13-23-19)21-10-7-11-24(3)4/h5-6,8-9,13H,7,10-12H2,1-4H3,(H,21,22,23). The third-order valence-corrected chi connectivity index (χ3v) is 4.53. The number of aryl methyl sites for hydroxylation is 1. The number of nitrogens with one attached hydrogen (secondary N) is 1. The molecule has 1 N–H and O–H groups in total. The molecule has 3 aromatic heterocycles. The van der Waals surface area contributed by atoms with Gasteiger partial charge in [0, 0.05) is 18.4 Å². The number of fused-ring (bicyclic) bond motifs is 1. The van der Waals surface area contributed by atoms with Gasteiger partial charge in [-0.05, 0) is 58.6 Å². The fraction of sp³-hybridized carbons (Fsp3) is 0.421. The summed E-state index contributed by atoms with van der Waals surface area (Å²) in [7, 11) is 4.18. The molecular weight excluding hydrogens is 312 g/mol. The van der Waals surface area contributed by atoms with Crippen LogP contribution in [0.25, 0.3) is 11.0 Å². The summed E-state index contributed by atoms with van der Waals surface area (Å²) in [4.78, 5) is 15.7. The molecule has 0 bridgehead atoms. The minimum absolute atomic E-state index is 0.716. The van der Waals surface area contributed by atoms with Crippen molar-refractivity contribution in [2.45, 2.75) is 26.8 Å². The van der Waals surface area contributed by atoms with Gasteiger partial charge in [-0.15, -0.1) is 0 Å². The average Bonchev–Trinajstić information content (AvgIpc) is 2.85. The van der Waals surface area contributed by atoms with Crippen LogP contribution in [0.1, 0.15) is 23.4 Å². The van der Waals surface area contributed by atoms with E-state index in [0.29, 0.717) is 6.54 Å². The lowest BCUT2D eigenvalue weighted by atomic mass is 10.2. The van der Waals surface area contributed by atoms with Crippen LogP contribution in [0.5, 0.6) is 0 Å². The molecule has 0 radical (unpaired) electrons. The second kappa shape index (κ2) is 7.61. The monoisotopic (exact) mass is 338 g/mol. The first-order valence-corrected chi connectivity index (χ1v) is 8.67. The summed E-state index contributed by atoms with van der Waals surface area (Å²) >= 11 is 0. The minimum atomic E-state index is 0.716. The van der Waals surface area contributed by atoms with E-state index < -0.39 is 0 Å². The van der Waals surface area contributed by atoms with Crippen molar-refractivity contribution in [3.8, 4) is 0 Å². The molecule has 0 spiro atoms. The minimum Gasteiger partial charge on any atom is -0.369 e. The Labute approximate surface area is 148 Å². The quantitative estimate of drug-likeness (QED) is 0.671. The number of aromatic nitrogens is 4. The maximum atomic E-state index is 4.55. The molecule has 0 aliphatic rings. The fourth-order valence-electron chi connectivity index (χ4n) is 3.05. The molecule has 3 aromatic rings. The summed E-state index contributed by atoms with van der Waals surface area (Å²) in [5.41, 5.74) is 4.42. The van der Waals surface area contributed by atoms with Crippen LogP contribution in [0.15, 0.2) is 30.7 Å². The van der Waals surface area contributed by atoms with E-state index in [1.54, 1.807) is 6.33 Å². The van der Waals surface area contributed by atoms with Crippen molar-refractivity contribution in [1.29, 1.82) is 0 Å². The van der Waals surface area contributed by atoms with Crippen LogP contribution in [0, 0.1) is 13.8 Å². The van der Waals surface area contributed by atoms with E-state index in [0.717, 1.165) is 42.1 Å². The summed E-state index contributed by atoms with van der Waals surface area (Å²) in [6.45, 7) is 6.94. The average molecular weight is 338 g/mol. The summed E-state index contributed by atoms with van der Waals surface area (Å²) < 4.78 is 2.22. The summed E-state index contributed by atoms with van der Waals surface area (Å²) in [6.07, 6.45) is 4.55. The van der Waals surface area contributed by atoms with E-state index in [1.165, 1.54) is 11.3 Å². The topological polar surface area (TPSA) is 58.9 Å². The fourth-order valence-corrected chi connectivity index (χ4v) is 3.05. The van der Waals surface area contributed by atoms with Crippen LogP contribution < -0.4 is 5.32 Å². The first kappa shape index (κ1) is 17.4. The van der Waals surface area contributed by atoms with Crippen molar-refractivity contribution in [1.82, 2.24) is 24.4 Å². The lowest BCUT2D eigenvalue weighted by molar-refractivity contribution is 0.405. The zero-order valence-electron chi connectivity index (χ0n) is 15.5.